The van der Waals surface area contributed by atoms with Crippen molar-refractivity contribution in [1.29, 1.82) is 0 Å². The van der Waals surface area contributed by atoms with E-state index in [2.05, 4.69) is 43.4 Å². The molecule has 1 aromatic heterocycles. The highest BCUT2D eigenvalue weighted by Gasteiger charge is 2.18. The standard InChI is InChI=1S/C20H28ClN5O2/c1-6-22-20(24-12(2)7-16-13(3)25-26(5)14(16)4)23-10-15-8-17(21)19-18(9-15)27-11-28-19/h8-9,12H,6-7,10-11H2,1-5H3,(H2,22,23,24). The second kappa shape index (κ2) is 8.73. The summed E-state index contributed by atoms with van der Waals surface area (Å²) < 4.78 is 12.7. The lowest BCUT2D eigenvalue weighted by molar-refractivity contribution is 0.174. The number of nitrogens with one attached hydrogen (secondary N) is 2. The third-order valence-corrected chi connectivity index (χ3v) is 5.08. The van der Waals surface area contributed by atoms with Crippen molar-refractivity contribution in [3.8, 4) is 11.5 Å². The van der Waals surface area contributed by atoms with Gasteiger partial charge in [-0.15, -0.1) is 0 Å². The Hall–Kier alpha value is -2.41. The lowest BCUT2D eigenvalue weighted by atomic mass is 10.1. The minimum absolute atomic E-state index is 0.205. The van der Waals surface area contributed by atoms with Gasteiger partial charge in [0.1, 0.15) is 0 Å². The molecule has 1 unspecified atom stereocenters. The molecular formula is C20H28ClN5O2. The van der Waals surface area contributed by atoms with Gasteiger partial charge in [-0.25, -0.2) is 4.99 Å². The number of ether oxygens (including phenoxy) is 2. The molecule has 3 rings (SSSR count). The molecule has 1 aliphatic heterocycles. The number of halogens is 1. The van der Waals surface area contributed by atoms with Gasteiger partial charge in [-0.2, -0.15) is 5.10 Å². The molecule has 0 radical (unpaired) electrons. The zero-order valence-corrected chi connectivity index (χ0v) is 17.9. The SMILES string of the molecule is CCNC(=NCc1cc(Cl)c2c(c1)OCO2)NC(C)Cc1c(C)nn(C)c1C. The van der Waals surface area contributed by atoms with Gasteiger partial charge in [-0.1, -0.05) is 11.6 Å². The predicted octanol–water partition coefficient (Wildman–Crippen LogP) is 3.11. The normalized spacial score (nSPS) is 14.3. The van der Waals surface area contributed by atoms with Gasteiger partial charge >= 0.3 is 0 Å². The molecule has 2 heterocycles. The second-order valence-electron chi connectivity index (χ2n) is 7.03. The van der Waals surface area contributed by atoms with Crippen LogP contribution in [0.2, 0.25) is 5.02 Å². The van der Waals surface area contributed by atoms with Gasteiger partial charge in [0.15, 0.2) is 17.5 Å². The molecule has 152 valence electrons. The fraction of sp³-hybridized carbons (Fsp3) is 0.500. The van der Waals surface area contributed by atoms with Crippen LogP contribution in [0.15, 0.2) is 17.1 Å². The van der Waals surface area contributed by atoms with Gasteiger partial charge in [0.2, 0.25) is 6.79 Å². The van der Waals surface area contributed by atoms with E-state index in [4.69, 9.17) is 26.1 Å². The van der Waals surface area contributed by atoms with Gasteiger partial charge < -0.3 is 20.1 Å². The summed E-state index contributed by atoms with van der Waals surface area (Å²) >= 11 is 6.26. The lowest BCUT2D eigenvalue weighted by Gasteiger charge is -2.18. The Morgan fingerprint density at radius 1 is 1.36 bits per heavy atom. The number of rotatable bonds is 6. The fourth-order valence-electron chi connectivity index (χ4n) is 3.31. The summed E-state index contributed by atoms with van der Waals surface area (Å²) in [4.78, 5) is 4.70. The van der Waals surface area contributed by atoms with Crippen LogP contribution in [0, 0.1) is 13.8 Å². The highest BCUT2D eigenvalue weighted by atomic mass is 35.5. The molecule has 1 atom stereocenters. The van der Waals surface area contributed by atoms with Gasteiger partial charge in [-0.3, -0.25) is 4.68 Å². The minimum Gasteiger partial charge on any atom is -0.454 e. The van der Waals surface area contributed by atoms with Crippen molar-refractivity contribution in [3.63, 3.8) is 0 Å². The quantitative estimate of drug-likeness (QED) is 0.570. The second-order valence-corrected chi connectivity index (χ2v) is 7.44. The summed E-state index contributed by atoms with van der Waals surface area (Å²) in [7, 11) is 1.98. The first kappa shape index (κ1) is 20.3. The van der Waals surface area contributed by atoms with Crippen LogP contribution in [0.5, 0.6) is 11.5 Å². The number of aryl methyl sites for hydroxylation is 2. The van der Waals surface area contributed by atoms with Crippen LogP contribution in [0.3, 0.4) is 0 Å². The lowest BCUT2D eigenvalue weighted by Crippen LogP contribution is -2.43. The largest absolute Gasteiger partial charge is 0.454 e. The molecule has 0 amide bonds. The Kier molecular flexibility index (Phi) is 6.34. The maximum absolute atomic E-state index is 6.26. The number of aliphatic imine (C=N–C) groups is 1. The summed E-state index contributed by atoms with van der Waals surface area (Å²) in [6.45, 7) is 9.83. The molecule has 0 fully saturated rings. The number of aromatic nitrogens is 2. The summed E-state index contributed by atoms with van der Waals surface area (Å²) in [5.74, 6) is 2.05. The summed E-state index contributed by atoms with van der Waals surface area (Å²) in [5.41, 5.74) is 4.52. The molecule has 0 aliphatic carbocycles. The fourth-order valence-corrected chi connectivity index (χ4v) is 3.59. The number of guanidine groups is 1. The van der Waals surface area contributed by atoms with Crippen molar-refractivity contribution in [1.82, 2.24) is 20.4 Å². The Morgan fingerprint density at radius 3 is 2.82 bits per heavy atom. The van der Waals surface area contributed by atoms with Gasteiger partial charge in [0, 0.05) is 25.3 Å². The van der Waals surface area contributed by atoms with E-state index in [0.29, 0.717) is 23.1 Å². The number of nitrogens with zero attached hydrogens (tertiary/aromatic N) is 3. The van der Waals surface area contributed by atoms with E-state index in [0.717, 1.165) is 30.2 Å². The molecule has 0 spiro atoms. The zero-order chi connectivity index (χ0) is 20.3. The number of benzene rings is 1. The Labute approximate surface area is 171 Å². The molecule has 2 aromatic rings. The van der Waals surface area contributed by atoms with Gasteiger partial charge in [0.25, 0.3) is 0 Å². The number of fused-ring (bicyclic) bond motifs is 1. The predicted molar refractivity (Wildman–Crippen MR) is 111 cm³/mol. The van der Waals surface area contributed by atoms with E-state index in [1.807, 2.05) is 23.9 Å². The van der Waals surface area contributed by atoms with Crippen molar-refractivity contribution in [3.05, 3.63) is 39.7 Å². The molecule has 0 saturated carbocycles. The highest BCUT2D eigenvalue weighted by Crippen LogP contribution is 2.39. The van der Waals surface area contributed by atoms with Crippen LogP contribution < -0.4 is 20.1 Å². The minimum atomic E-state index is 0.205. The van der Waals surface area contributed by atoms with Crippen LogP contribution >= 0.6 is 11.6 Å². The van der Waals surface area contributed by atoms with Crippen LogP contribution in [0.4, 0.5) is 0 Å². The van der Waals surface area contributed by atoms with E-state index in [-0.39, 0.29) is 12.8 Å². The molecule has 1 aromatic carbocycles. The van der Waals surface area contributed by atoms with Crippen LogP contribution in [0.25, 0.3) is 0 Å². The molecular weight excluding hydrogens is 378 g/mol. The molecule has 0 saturated heterocycles. The Morgan fingerprint density at radius 2 is 2.14 bits per heavy atom. The molecule has 0 bridgehead atoms. The maximum Gasteiger partial charge on any atom is 0.231 e. The first-order valence-electron chi connectivity index (χ1n) is 9.51. The van der Waals surface area contributed by atoms with Gasteiger partial charge in [-0.05, 0) is 57.4 Å². The van der Waals surface area contributed by atoms with Crippen molar-refractivity contribution in [2.45, 2.75) is 46.7 Å². The molecule has 2 N–H and O–H groups in total. The first-order chi connectivity index (χ1) is 13.4. The highest BCUT2D eigenvalue weighted by molar-refractivity contribution is 6.32. The van der Waals surface area contributed by atoms with E-state index >= 15 is 0 Å². The molecule has 8 heteroatoms. The van der Waals surface area contributed by atoms with Gasteiger partial charge in [0.05, 0.1) is 17.3 Å². The molecule has 28 heavy (non-hydrogen) atoms. The van der Waals surface area contributed by atoms with Crippen molar-refractivity contribution in [2.75, 3.05) is 13.3 Å². The molecule has 1 aliphatic rings. The van der Waals surface area contributed by atoms with E-state index in [9.17, 15) is 0 Å². The van der Waals surface area contributed by atoms with Crippen molar-refractivity contribution in [2.24, 2.45) is 12.0 Å². The average Bonchev–Trinajstić information content (AvgIpc) is 3.20. The smallest absolute Gasteiger partial charge is 0.231 e. The van der Waals surface area contributed by atoms with Crippen molar-refractivity contribution >= 4 is 17.6 Å². The maximum atomic E-state index is 6.26. The number of hydrogen-bond donors (Lipinski definition) is 2. The Bertz CT molecular complexity index is 878. The third kappa shape index (κ3) is 4.52. The summed E-state index contributed by atoms with van der Waals surface area (Å²) in [6, 6.07) is 4.00. The van der Waals surface area contributed by atoms with Crippen LogP contribution in [-0.4, -0.2) is 35.1 Å². The average molecular weight is 406 g/mol. The molecule has 7 nitrogen and oxygen atoms in total. The monoisotopic (exact) mass is 405 g/mol. The van der Waals surface area contributed by atoms with E-state index < -0.39 is 0 Å². The van der Waals surface area contributed by atoms with Crippen molar-refractivity contribution < 1.29 is 9.47 Å². The zero-order valence-electron chi connectivity index (χ0n) is 17.1. The third-order valence-electron chi connectivity index (χ3n) is 4.80. The van der Waals surface area contributed by atoms with Crippen LogP contribution in [0.1, 0.15) is 36.4 Å². The van der Waals surface area contributed by atoms with E-state index in [1.165, 1.54) is 11.3 Å². The Balaban J connectivity index is 1.68. The van der Waals surface area contributed by atoms with Crippen LogP contribution in [-0.2, 0) is 20.0 Å². The summed E-state index contributed by atoms with van der Waals surface area (Å²) in [6.07, 6.45) is 0.881. The van der Waals surface area contributed by atoms with E-state index in [1.54, 1.807) is 0 Å². The summed E-state index contributed by atoms with van der Waals surface area (Å²) in [5, 5.41) is 11.8. The topological polar surface area (TPSA) is 72.7 Å². The number of hydrogen-bond acceptors (Lipinski definition) is 4. The first-order valence-corrected chi connectivity index (χ1v) is 9.88.